The van der Waals surface area contributed by atoms with Crippen molar-refractivity contribution < 1.29 is 38.9 Å². The summed E-state index contributed by atoms with van der Waals surface area (Å²) in [7, 11) is 0. The molecular formula is C18H30N4O8. The third kappa shape index (κ3) is 7.87. The van der Waals surface area contributed by atoms with E-state index in [4.69, 9.17) is 15.2 Å². The van der Waals surface area contributed by atoms with E-state index >= 15 is 0 Å². The number of hydrogen-bond donors (Lipinski definition) is 5. The molecule has 0 spiro atoms. The van der Waals surface area contributed by atoms with E-state index in [-0.39, 0.29) is 25.0 Å². The van der Waals surface area contributed by atoms with E-state index in [9.17, 15) is 29.4 Å². The van der Waals surface area contributed by atoms with Gasteiger partial charge in [-0.3, -0.25) is 9.59 Å². The summed E-state index contributed by atoms with van der Waals surface area (Å²) in [5.41, 5.74) is 7.25. The van der Waals surface area contributed by atoms with E-state index in [0.717, 1.165) is 0 Å². The summed E-state index contributed by atoms with van der Waals surface area (Å²) >= 11 is 0. The van der Waals surface area contributed by atoms with Crippen molar-refractivity contribution in [3.63, 3.8) is 0 Å². The molecule has 30 heavy (non-hydrogen) atoms. The summed E-state index contributed by atoms with van der Waals surface area (Å²) in [4.78, 5) is 47.7. The molecule has 170 valence electrons. The summed E-state index contributed by atoms with van der Waals surface area (Å²) < 4.78 is 10.0. The molecule has 0 heterocycles. The average Bonchev–Trinajstić information content (AvgIpc) is 2.60. The third-order valence-electron chi connectivity index (χ3n) is 3.88. The van der Waals surface area contributed by atoms with Crippen LogP contribution in [0.15, 0.2) is 11.6 Å². The summed E-state index contributed by atoms with van der Waals surface area (Å²) in [5, 5.41) is 23.7. The normalized spacial score (nSPS) is 20.9. The number of amides is 4. The van der Waals surface area contributed by atoms with Crippen molar-refractivity contribution in [1.29, 1.82) is 0 Å². The van der Waals surface area contributed by atoms with Gasteiger partial charge in [-0.05, 0) is 33.8 Å². The van der Waals surface area contributed by atoms with Crippen molar-refractivity contribution in [2.45, 2.75) is 71.0 Å². The molecule has 0 fully saturated rings. The Morgan fingerprint density at radius 2 is 1.77 bits per heavy atom. The van der Waals surface area contributed by atoms with Gasteiger partial charge < -0.3 is 30.7 Å². The molecule has 1 aliphatic rings. The Morgan fingerprint density at radius 1 is 1.17 bits per heavy atom. The van der Waals surface area contributed by atoms with Crippen molar-refractivity contribution in [1.82, 2.24) is 15.8 Å². The number of nitrogens with two attached hydrogens (primary N) is 1. The number of aliphatic hydroxyl groups is 2. The highest BCUT2D eigenvalue weighted by molar-refractivity contribution is 5.94. The van der Waals surface area contributed by atoms with Gasteiger partial charge in [-0.2, -0.15) is 0 Å². The van der Waals surface area contributed by atoms with Gasteiger partial charge in [-0.15, -0.1) is 0 Å². The fourth-order valence-corrected chi connectivity index (χ4v) is 2.59. The van der Waals surface area contributed by atoms with Gasteiger partial charge in [0.2, 0.25) is 11.8 Å². The molecule has 1 rings (SSSR count). The van der Waals surface area contributed by atoms with Crippen LogP contribution in [0.1, 0.15) is 40.5 Å². The molecule has 0 aromatic rings. The van der Waals surface area contributed by atoms with E-state index in [0.29, 0.717) is 5.01 Å². The molecule has 0 radical (unpaired) electrons. The van der Waals surface area contributed by atoms with E-state index in [1.807, 2.05) is 0 Å². The van der Waals surface area contributed by atoms with Crippen molar-refractivity contribution in [2.24, 2.45) is 5.73 Å². The average molecular weight is 430 g/mol. The Bertz CT molecular complexity index is 679. The standard InChI is InChI=1S/C18H30N4O8/c1-9(2)29-17(27)21-22(18(28)30-10(3)4)12-7-11(8-13(23)15(12)25)16(26)20-6-5-14(19)24/h7,9-10,12-13,15,23,25H,5-6,8H2,1-4H3,(H2,19,24)(H,20,26)(H,21,27). The van der Waals surface area contributed by atoms with Crippen molar-refractivity contribution in [3.8, 4) is 0 Å². The van der Waals surface area contributed by atoms with Gasteiger partial charge in [-0.1, -0.05) is 0 Å². The van der Waals surface area contributed by atoms with Gasteiger partial charge >= 0.3 is 12.2 Å². The van der Waals surface area contributed by atoms with Crippen LogP contribution in [0.3, 0.4) is 0 Å². The predicted molar refractivity (Wildman–Crippen MR) is 104 cm³/mol. The maximum atomic E-state index is 12.5. The van der Waals surface area contributed by atoms with Crippen LogP contribution in [-0.4, -0.2) is 76.2 Å². The quantitative estimate of drug-likeness (QED) is 0.329. The number of carbonyl (C=O) groups excluding carboxylic acids is 4. The highest BCUT2D eigenvalue weighted by Gasteiger charge is 2.40. The fraction of sp³-hybridized carbons (Fsp3) is 0.667. The molecule has 0 bridgehead atoms. The first-order valence-corrected chi connectivity index (χ1v) is 9.52. The van der Waals surface area contributed by atoms with Gasteiger partial charge in [0.1, 0.15) is 12.1 Å². The second-order valence-corrected chi connectivity index (χ2v) is 7.29. The minimum atomic E-state index is -1.52. The largest absolute Gasteiger partial charge is 0.446 e. The van der Waals surface area contributed by atoms with Crippen molar-refractivity contribution >= 4 is 24.0 Å². The monoisotopic (exact) mass is 430 g/mol. The van der Waals surface area contributed by atoms with Crippen LogP contribution in [0.4, 0.5) is 9.59 Å². The minimum Gasteiger partial charge on any atom is -0.446 e. The molecule has 0 saturated heterocycles. The first-order chi connectivity index (χ1) is 13.9. The highest BCUT2D eigenvalue weighted by Crippen LogP contribution is 2.23. The highest BCUT2D eigenvalue weighted by atomic mass is 16.6. The number of ether oxygens (including phenoxy) is 2. The number of aliphatic hydroxyl groups excluding tert-OH is 2. The van der Waals surface area contributed by atoms with Crippen LogP contribution in [0.2, 0.25) is 0 Å². The number of rotatable bonds is 7. The van der Waals surface area contributed by atoms with Gasteiger partial charge in [0.15, 0.2) is 0 Å². The predicted octanol–water partition coefficient (Wildman–Crippen LogP) is -0.705. The van der Waals surface area contributed by atoms with E-state index < -0.39 is 54.5 Å². The number of primary amides is 1. The Labute approximate surface area is 174 Å². The molecule has 1 aliphatic carbocycles. The number of hydrogen-bond acceptors (Lipinski definition) is 8. The smallest absolute Gasteiger partial charge is 0.429 e. The molecule has 0 aromatic heterocycles. The first kappa shape index (κ1) is 25.2. The van der Waals surface area contributed by atoms with Gasteiger partial charge in [-0.25, -0.2) is 20.0 Å². The zero-order valence-electron chi connectivity index (χ0n) is 17.5. The SMILES string of the molecule is CC(C)OC(=O)NN(C(=O)OC(C)C)C1C=C(C(=O)NCCC(N)=O)CC(O)C1O. The lowest BCUT2D eigenvalue weighted by Crippen LogP contribution is -2.59. The van der Waals surface area contributed by atoms with Crippen molar-refractivity contribution in [3.05, 3.63) is 11.6 Å². The van der Waals surface area contributed by atoms with Crippen LogP contribution in [0, 0.1) is 0 Å². The Balaban J connectivity index is 3.12. The van der Waals surface area contributed by atoms with E-state index in [1.165, 1.54) is 6.08 Å². The molecule has 0 aliphatic heterocycles. The van der Waals surface area contributed by atoms with Gasteiger partial charge in [0, 0.05) is 25.0 Å². The number of hydrazine groups is 1. The zero-order chi connectivity index (χ0) is 23.0. The summed E-state index contributed by atoms with van der Waals surface area (Å²) in [6, 6.07) is -1.32. The topological polar surface area (TPSA) is 181 Å². The summed E-state index contributed by atoms with van der Waals surface area (Å²) in [5.74, 6) is -1.22. The third-order valence-corrected chi connectivity index (χ3v) is 3.88. The first-order valence-electron chi connectivity index (χ1n) is 9.52. The van der Waals surface area contributed by atoms with Crippen LogP contribution in [-0.2, 0) is 19.1 Å². The Morgan fingerprint density at radius 3 is 2.30 bits per heavy atom. The molecule has 12 nitrogen and oxygen atoms in total. The molecule has 0 aromatic carbocycles. The molecular weight excluding hydrogens is 400 g/mol. The molecule has 0 saturated carbocycles. The Kier molecular flexibility index (Phi) is 9.53. The lowest BCUT2D eigenvalue weighted by molar-refractivity contribution is -0.119. The molecule has 3 atom stereocenters. The van der Waals surface area contributed by atoms with Crippen LogP contribution < -0.4 is 16.5 Å². The van der Waals surface area contributed by atoms with Crippen LogP contribution >= 0.6 is 0 Å². The summed E-state index contributed by atoms with van der Waals surface area (Å²) in [6.45, 7) is 6.35. The van der Waals surface area contributed by atoms with Crippen LogP contribution in [0.25, 0.3) is 0 Å². The molecule has 6 N–H and O–H groups in total. The minimum absolute atomic E-state index is 0.0209. The Hall–Kier alpha value is -2.86. The molecule has 12 heteroatoms. The lowest BCUT2D eigenvalue weighted by Gasteiger charge is -2.37. The van der Waals surface area contributed by atoms with E-state index in [2.05, 4.69) is 10.7 Å². The number of carbonyl (C=O) groups is 4. The van der Waals surface area contributed by atoms with Crippen LogP contribution in [0.5, 0.6) is 0 Å². The lowest BCUT2D eigenvalue weighted by atomic mass is 9.89. The maximum absolute atomic E-state index is 12.5. The second-order valence-electron chi connectivity index (χ2n) is 7.29. The number of nitrogens with one attached hydrogen (secondary N) is 2. The number of nitrogens with zero attached hydrogens (tertiary/aromatic N) is 1. The summed E-state index contributed by atoms with van der Waals surface area (Å²) in [6.07, 6.45) is -5.03. The van der Waals surface area contributed by atoms with Gasteiger partial charge in [0.05, 0.1) is 18.3 Å². The molecule has 3 unspecified atom stereocenters. The molecule has 4 amide bonds. The second kappa shape index (κ2) is 11.4. The fourth-order valence-electron chi connectivity index (χ4n) is 2.59. The maximum Gasteiger partial charge on any atom is 0.429 e. The zero-order valence-corrected chi connectivity index (χ0v) is 17.5. The van der Waals surface area contributed by atoms with Crippen molar-refractivity contribution in [2.75, 3.05) is 6.54 Å². The van der Waals surface area contributed by atoms with E-state index in [1.54, 1.807) is 27.7 Å². The van der Waals surface area contributed by atoms with Gasteiger partial charge in [0.25, 0.3) is 0 Å².